The summed E-state index contributed by atoms with van der Waals surface area (Å²) >= 11 is 0. The van der Waals surface area contributed by atoms with Gasteiger partial charge in [0.2, 0.25) is 5.91 Å². The SMILES string of the molecule is CN1CCN(CC(=O)N(Cc2ccc(C(=O)NOC(C)(C)C)cc2)Cc2ccc(C(=O)NOC(C)(C)C)cc2)CC1. The Labute approximate surface area is 243 Å². The maximum Gasteiger partial charge on any atom is 0.274 e. The fraction of sp³-hybridized carbons (Fsp3) is 0.516. The number of carbonyl (C=O) groups excluding carboxylic acids is 3. The monoisotopic (exact) mass is 567 g/mol. The summed E-state index contributed by atoms with van der Waals surface area (Å²) in [5.41, 5.74) is 6.71. The summed E-state index contributed by atoms with van der Waals surface area (Å²) in [4.78, 5) is 55.4. The fourth-order valence-electron chi connectivity index (χ4n) is 4.01. The first kappa shape index (κ1) is 32.2. The molecule has 10 heteroatoms. The molecule has 1 heterocycles. The predicted octanol–water partition coefficient (Wildman–Crippen LogP) is 3.38. The van der Waals surface area contributed by atoms with Crippen molar-refractivity contribution in [3.8, 4) is 0 Å². The zero-order valence-electron chi connectivity index (χ0n) is 25.5. The van der Waals surface area contributed by atoms with Gasteiger partial charge in [0.05, 0.1) is 17.7 Å². The minimum Gasteiger partial charge on any atom is -0.333 e. The third-order valence-corrected chi connectivity index (χ3v) is 6.39. The molecule has 2 aromatic rings. The van der Waals surface area contributed by atoms with Crippen molar-refractivity contribution >= 4 is 17.7 Å². The molecule has 1 aliphatic rings. The van der Waals surface area contributed by atoms with E-state index in [1.165, 1.54) is 0 Å². The molecule has 0 bridgehead atoms. The molecule has 3 rings (SSSR count). The van der Waals surface area contributed by atoms with Gasteiger partial charge in [-0.1, -0.05) is 24.3 Å². The highest BCUT2D eigenvalue weighted by molar-refractivity contribution is 5.94. The second-order valence-electron chi connectivity index (χ2n) is 12.5. The standard InChI is InChI=1S/C31H45N5O5/c1-30(2,3)40-32-28(38)25-12-8-23(9-13-25)20-36(27(37)22-35-18-16-34(7)17-19-35)21-24-10-14-26(15-11-24)29(39)33-41-31(4,5)6/h8-15H,16-22H2,1-7H3,(H,32,38)(H,33,39). The quantitative estimate of drug-likeness (QED) is 0.425. The largest absolute Gasteiger partial charge is 0.333 e. The molecule has 0 aromatic heterocycles. The molecule has 0 saturated carbocycles. The lowest BCUT2D eigenvalue weighted by Gasteiger charge is -2.33. The molecule has 1 aliphatic heterocycles. The molecular formula is C31H45N5O5. The van der Waals surface area contributed by atoms with Gasteiger partial charge in [-0.2, -0.15) is 0 Å². The van der Waals surface area contributed by atoms with Gasteiger partial charge in [-0.05, 0) is 84.0 Å². The second-order valence-corrected chi connectivity index (χ2v) is 12.5. The maximum absolute atomic E-state index is 13.5. The summed E-state index contributed by atoms with van der Waals surface area (Å²) in [6, 6.07) is 14.3. The van der Waals surface area contributed by atoms with E-state index in [0.717, 1.165) is 37.3 Å². The number of nitrogens with zero attached hydrogens (tertiary/aromatic N) is 3. The van der Waals surface area contributed by atoms with Crippen LogP contribution in [0.1, 0.15) is 73.4 Å². The number of hydrogen-bond acceptors (Lipinski definition) is 7. The molecule has 3 amide bonds. The van der Waals surface area contributed by atoms with Crippen LogP contribution in [-0.4, -0.2) is 83.4 Å². The van der Waals surface area contributed by atoms with Crippen LogP contribution >= 0.6 is 0 Å². The number of carbonyl (C=O) groups is 3. The van der Waals surface area contributed by atoms with E-state index in [0.29, 0.717) is 30.8 Å². The predicted molar refractivity (Wildman–Crippen MR) is 158 cm³/mol. The van der Waals surface area contributed by atoms with Crippen molar-refractivity contribution in [1.82, 2.24) is 25.7 Å². The molecule has 1 fully saturated rings. The van der Waals surface area contributed by atoms with Gasteiger partial charge in [-0.25, -0.2) is 11.0 Å². The van der Waals surface area contributed by atoms with E-state index in [1.54, 1.807) is 24.3 Å². The highest BCUT2D eigenvalue weighted by atomic mass is 16.7. The van der Waals surface area contributed by atoms with Crippen LogP contribution in [0.5, 0.6) is 0 Å². The van der Waals surface area contributed by atoms with Crippen molar-refractivity contribution in [1.29, 1.82) is 0 Å². The molecule has 10 nitrogen and oxygen atoms in total. The summed E-state index contributed by atoms with van der Waals surface area (Å²) in [6.07, 6.45) is 0. The number of rotatable bonds is 10. The molecule has 41 heavy (non-hydrogen) atoms. The highest BCUT2D eigenvalue weighted by Gasteiger charge is 2.22. The summed E-state index contributed by atoms with van der Waals surface area (Å²) in [7, 11) is 2.09. The van der Waals surface area contributed by atoms with Gasteiger partial charge in [0.1, 0.15) is 0 Å². The first-order valence-electron chi connectivity index (χ1n) is 14.0. The normalized spacial score (nSPS) is 14.9. The topological polar surface area (TPSA) is 103 Å². The van der Waals surface area contributed by atoms with E-state index in [2.05, 4.69) is 27.8 Å². The fourth-order valence-corrected chi connectivity index (χ4v) is 4.01. The number of amides is 3. The Balaban J connectivity index is 1.70. The third-order valence-electron chi connectivity index (χ3n) is 6.39. The van der Waals surface area contributed by atoms with Crippen molar-refractivity contribution in [3.05, 3.63) is 70.8 Å². The van der Waals surface area contributed by atoms with Crippen molar-refractivity contribution < 1.29 is 24.1 Å². The van der Waals surface area contributed by atoms with E-state index in [-0.39, 0.29) is 17.7 Å². The van der Waals surface area contributed by atoms with Gasteiger partial charge >= 0.3 is 0 Å². The Morgan fingerprint density at radius 1 is 0.707 bits per heavy atom. The molecule has 2 aromatic carbocycles. The van der Waals surface area contributed by atoms with Gasteiger partial charge in [0.15, 0.2) is 0 Å². The number of hydrogen-bond donors (Lipinski definition) is 2. The number of piperazine rings is 1. The third kappa shape index (κ3) is 11.2. The van der Waals surface area contributed by atoms with Crippen LogP contribution in [-0.2, 0) is 27.6 Å². The maximum atomic E-state index is 13.5. The summed E-state index contributed by atoms with van der Waals surface area (Å²) < 4.78 is 0. The van der Waals surface area contributed by atoms with E-state index in [4.69, 9.17) is 9.68 Å². The zero-order chi connectivity index (χ0) is 30.2. The van der Waals surface area contributed by atoms with Gasteiger partial charge in [0.25, 0.3) is 11.8 Å². The smallest absolute Gasteiger partial charge is 0.274 e. The average Bonchev–Trinajstić information content (AvgIpc) is 2.91. The number of nitrogens with one attached hydrogen (secondary N) is 2. The lowest BCUT2D eigenvalue weighted by atomic mass is 10.1. The van der Waals surface area contributed by atoms with Crippen LogP contribution in [0.3, 0.4) is 0 Å². The van der Waals surface area contributed by atoms with Crippen LogP contribution in [0.25, 0.3) is 0 Å². The molecule has 0 radical (unpaired) electrons. The van der Waals surface area contributed by atoms with E-state index in [1.807, 2.05) is 70.7 Å². The Kier molecular flexibility index (Phi) is 11.0. The van der Waals surface area contributed by atoms with Crippen LogP contribution in [0.15, 0.2) is 48.5 Å². The highest BCUT2D eigenvalue weighted by Crippen LogP contribution is 2.15. The summed E-state index contributed by atoms with van der Waals surface area (Å²) in [5.74, 6) is -0.631. The Bertz CT molecular complexity index is 1090. The first-order valence-corrected chi connectivity index (χ1v) is 14.0. The van der Waals surface area contributed by atoms with Crippen molar-refractivity contribution in [2.45, 2.75) is 65.8 Å². The minimum atomic E-state index is -0.498. The molecule has 0 spiro atoms. The number of benzene rings is 2. The van der Waals surface area contributed by atoms with Gasteiger partial charge < -0.3 is 9.80 Å². The average molecular weight is 568 g/mol. The Morgan fingerprint density at radius 3 is 1.46 bits per heavy atom. The minimum absolute atomic E-state index is 0.0235. The Morgan fingerprint density at radius 2 is 1.10 bits per heavy atom. The summed E-state index contributed by atoms with van der Waals surface area (Å²) in [5, 5.41) is 0. The number of hydroxylamine groups is 2. The van der Waals surface area contributed by atoms with Crippen LogP contribution in [0.2, 0.25) is 0 Å². The molecule has 224 valence electrons. The van der Waals surface area contributed by atoms with E-state index in [9.17, 15) is 14.4 Å². The molecule has 2 N–H and O–H groups in total. The van der Waals surface area contributed by atoms with Crippen LogP contribution in [0, 0.1) is 0 Å². The summed E-state index contributed by atoms with van der Waals surface area (Å²) in [6.45, 7) is 15.8. The molecule has 1 saturated heterocycles. The van der Waals surface area contributed by atoms with Gasteiger partial charge in [-0.15, -0.1) is 0 Å². The van der Waals surface area contributed by atoms with Gasteiger partial charge in [0, 0.05) is 50.4 Å². The van der Waals surface area contributed by atoms with Crippen molar-refractivity contribution in [2.24, 2.45) is 0 Å². The second kappa shape index (κ2) is 14.0. The van der Waals surface area contributed by atoms with Crippen molar-refractivity contribution in [2.75, 3.05) is 39.8 Å². The Hall–Kier alpha value is -3.31. The van der Waals surface area contributed by atoms with E-state index < -0.39 is 11.2 Å². The number of likely N-dealkylation sites (N-methyl/N-ethyl adjacent to an activating group) is 1. The van der Waals surface area contributed by atoms with Crippen molar-refractivity contribution in [3.63, 3.8) is 0 Å². The molecule has 0 atom stereocenters. The van der Waals surface area contributed by atoms with Gasteiger partial charge in [-0.3, -0.25) is 29.0 Å². The molecular weight excluding hydrogens is 522 g/mol. The lowest BCUT2D eigenvalue weighted by Crippen LogP contribution is -2.48. The molecule has 0 unspecified atom stereocenters. The zero-order valence-corrected chi connectivity index (χ0v) is 25.5. The van der Waals surface area contributed by atoms with E-state index >= 15 is 0 Å². The first-order chi connectivity index (χ1) is 19.2. The van der Waals surface area contributed by atoms with Crippen LogP contribution in [0.4, 0.5) is 0 Å². The van der Waals surface area contributed by atoms with Crippen LogP contribution < -0.4 is 11.0 Å². The lowest BCUT2D eigenvalue weighted by molar-refractivity contribution is -0.134. The molecule has 0 aliphatic carbocycles.